The maximum atomic E-state index is 6.31. The van der Waals surface area contributed by atoms with E-state index in [4.69, 9.17) is 4.74 Å². The third-order valence-corrected chi connectivity index (χ3v) is 7.26. The van der Waals surface area contributed by atoms with Gasteiger partial charge in [-0.15, -0.1) is 0 Å². The summed E-state index contributed by atoms with van der Waals surface area (Å²) < 4.78 is 6.31. The van der Waals surface area contributed by atoms with E-state index in [1.165, 1.54) is 32.1 Å². The number of hydrogen-bond acceptors (Lipinski definition) is 1. The van der Waals surface area contributed by atoms with Crippen molar-refractivity contribution >= 4 is 0 Å². The Morgan fingerprint density at radius 3 is 2.50 bits per heavy atom. The van der Waals surface area contributed by atoms with Gasteiger partial charge in [0, 0.05) is 12.0 Å². The lowest BCUT2D eigenvalue weighted by Crippen LogP contribution is -2.47. The average Bonchev–Trinajstić information content (AvgIpc) is 2.67. The Kier molecular flexibility index (Phi) is 2.70. The molecule has 3 fully saturated rings. The molecular formula is C17H30O. The molecule has 0 N–H and O–H groups in total. The summed E-state index contributed by atoms with van der Waals surface area (Å²) in [7, 11) is 0. The molecule has 0 aromatic heterocycles. The van der Waals surface area contributed by atoms with Gasteiger partial charge in [-0.25, -0.2) is 0 Å². The second-order valence-corrected chi connectivity index (χ2v) is 8.06. The third-order valence-electron chi connectivity index (χ3n) is 7.26. The van der Waals surface area contributed by atoms with Crippen LogP contribution in [0.1, 0.15) is 66.7 Å². The second kappa shape index (κ2) is 3.75. The van der Waals surface area contributed by atoms with Crippen molar-refractivity contribution in [1.29, 1.82) is 0 Å². The molecule has 0 radical (unpaired) electrons. The van der Waals surface area contributed by atoms with Gasteiger partial charge in [0.05, 0.1) is 5.60 Å². The van der Waals surface area contributed by atoms with Crippen LogP contribution in [0, 0.1) is 28.6 Å². The van der Waals surface area contributed by atoms with Gasteiger partial charge >= 0.3 is 0 Å². The van der Waals surface area contributed by atoms with Gasteiger partial charge in [0.2, 0.25) is 0 Å². The van der Waals surface area contributed by atoms with Gasteiger partial charge in [-0.05, 0) is 69.1 Å². The summed E-state index contributed by atoms with van der Waals surface area (Å²) in [6.45, 7) is 13.0. The number of ether oxygens (including phenoxy) is 1. The summed E-state index contributed by atoms with van der Waals surface area (Å²) >= 11 is 0. The van der Waals surface area contributed by atoms with E-state index in [1.54, 1.807) is 0 Å². The summed E-state index contributed by atoms with van der Waals surface area (Å²) in [4.78, 5) is 0. The van der Waals surface area contributed by atoms with Gasteiger partial charge in [0.25, 0.3) is 0 Å². The van der Waals surface area contributed by atoms with Crippen LogP contribution in [0.2, 0.25) is 0 Å². The quantitative estimate of drug-likeness (QED) is 0.693. The van der Waals surface area contributed by atoms with Crippen LogP contribution in [-0.4, -0.2) is 12.2 Å². The van der Waals surface area contributed by atoms with Crippen LogP contribution >= 0.6 is 0 Å². The fourth-order valence-corrected chi connectivity index (χ4v) is 6.37. The molecule has 0 aliphatic heterocycles. The predicted octanol–water partition coefficient (Wildman–Crippen LogP) is 4.65. The van der Waals surface area contributed by atoms with E-state index in [0.717, 1.165) is 24.4 Å². The topological polar surface area (TPSA) is 9.23 Å². The lowest BCUT2D eigenvalue weighted by atomic mass is 9.63. The Morgan fingerprint density at radius 1 is 1.11 bits per heavy atom. The van der Waals surface area contributed by atoms with E-state index in [0.29, 0.717) is 10.8 Å². The summed E-state index contributed by atoms with van der Waals surface area (Å²) in [5, 5.41) is 0. The molecule has 1 spiro atoms. The molecule has 1 heteroatoms. The van der Waals surface area contributed by atoms with E-state index >= 15 is 0 Å². The van der Waals surface area contributed by atoms with Crippen LogP contribution in [0.4, 0.5) is 0 Å². The average molecular weight is 250 g/mol. The predicted molar refractivity (Wildman–Crippen MR) is 75.5 cm³/mol. The normalized spacial score (nSPS) is 53.5. The fraction of sp³-hybridized carbons (Fsp3) is 1.00. The van der Waals surface area contributed by atoms with Crippen LogP contribution in [0.5, 0.6) is 0 Å². The molecule has 5 atom stereocenters. The third kappa shape index (κ3) is 1.32. The van der Waals surface area contributed by atoms with Crippen molar-refractivity contribution in [2.45, 2.75) is 72.3 Å². The number of rotatable bonds is 2. The molecule has 0 heterocycles. The van der Waals surface area contributed by atoms with Crippen molar-refractivity contribution < 1.29 is 4.74 Å². The first-order chi connectivity index (χ1) is 8.37. The van der Waals surface area contributed by atoms with Crippen LogP contribution < -0.4 is 0 Å². The van der Waals surface area contributed by atoms with Crippen molar-refractivity contribution in [3.8, 4) is 0 Å². The molecular weight excluding hydrogens is 220 g/mol. The zero-order valence-corrected chi connectivity index (χ0v) is 12.9. The van der Waals surface area contributed by atoms with Gasteiger partial charge < -0.3 is 4.74 Å². The van der Waals surface area contributed by atoms with Gasteiger partial charge in [0.15, 0.2) is 0 Å². The SMILES string of the molecule is CCOC1(C)CCC2C(C)(C)C3CC21CCC3C. The standard InChI is InChI=1S/C17H30O/c1-6-18-16(5)9-8-14-15(3,4)13-11-17(14,16)10-7-12(13)2/h12-14H,6-11H2,1-5H3. The monoisotopic (exact) mass is 250 g/mol. The molecule has 18 heavy (non-hydrogen) atoms. The smallest absolute Gasteiger partial charge is 0.0713 e. The first-order valence-corrected chi connectivity index (χ1v) is 8.01. The van der Waals surface area contributed by atoms with Crippen LogP contribution in [0.3, 0.4) is 0 Å². The van der Waals surface area contributed by atoms with Crippen molar-refractivity contribution in [2.24, 2.45) is 28.6 Å². The zero-order valence-electron chi connectivity index (χ0n) is 12.9. The van der Waals surface area contributed by atoms with E-state index in [1.807, 2.05) is 0 Å². The number of hydrogen-bond donors (Lipinski definition) is 0. The molecule has 0 aromatic carbocycles. The van der Waals surface area contributed by atoms with E-state index < -0.39 is 0 Å². The molecule has 1 nitrogen and oxygen atoms in total. The zero-order chi connectivity index (χ0) is 13.2. The maximum absolute atomic E-state index is 6.31. The van der Waals surface area contributed by atoms with Gasteiger partial charge in [-0.1, -0.05) is 20.8 Å². The Morgan fingerprint density at radius 2 is 1.83 bits per heavy atom. The van der Waals surface area contributed by atoms with Crippen LogP contribution in [0.25, 0.3) is 0 Å². The molecule has 2 bridgehead atoms. The van der Waals surface area contributed by atoms with Crippen molar-refractivity contribution in [2.75, 3.05) is 6.61 Å². The van der Waals surface area contributed by atoms with Gasteiger partial charge in [0.1, 0.15) is 0 Å². The molecule has 3 rings (SSSR count). The lowest BCUT2D eigenvalue weighted by Gasteiger charge is -2.47. The molecule has 3 aliphatic rings. The Labute approximate surface area is 113 Å². The largest absolute Gasteiger partial charge is 0.375 e. The Hall–Kier alpha value is -0.0400. The molecule has 0 amide bonds. The van der Waals surface area contributed by atoms with Crippen LogP contribution in [-0.2, 0) is 4.74 Å². The highest BCUT2D eigenvalue weighted by Crippen LogP contribution is 2.74. The first kappa shape index (κ1) is 13.0. The minimum absolute atomic E-state index is 0.165. The summed E-state index contributed by atoms with van der Waals surface area (Å²) in [6, 6.07) is 0. The van der Waals surface area contributed by atoms with E-state index in [2.05, 4.69) is 34.6 Å². The molecule has 0 saturated heterocycles. The highest BCUT2D eigenvalue weighted by atomic mass is 16.5. The highest BCUT2D eigenvalue weighted by Gasteiger charge is 2.70. The van der Waals surface area contributed by atoms with Crippen molar-refractivity contribution in [1.82, 2.24) is 0 Å². The summed E-state index contributed by atoms with van der Waals surface area (Å²) in [5.41, 5.74) is 1.20. The molecule has 0 aromatic rings. The Bertz CT molecular complexity index is 348. The molecule has 3 aliphatic carbocycles. The fourth-order valence-electron chi connectivity index (χ4n) is 6.37. The minimum atomic E-state index is 0.165. The van der Waals surface area contributed by atoms with E-state index in [-0.39, 0.29) is 5.60 Å². The number of fused-ring (bicyclic) bond motifs is 1. The maximum Gasteiger partial charge on any atom is 0.0713 e. The summed E-state index contributed by atoms with van der Waals surface area (Å²) in [6.07, 6.45) is 6.95. The van der Waals surface area contributed by atoms with Gasteiger partial charge in [-0.3, -0.25) is 0 Å². The molecule has 104 valence electrons. The minimum Gasteiger partial charge on any atom is -0.375 e. The van der Waals surface area contributed by atoms with Crippen molar-refractivity contribution in [3.05, 3.63) is 0 Å². The highest BCUT2D eigenvalue weighted by molar-refractivity contribution is 5.19. The first-order valence-electron chi connectivity index (χ1n) is 8.01. The second-order valence-electron chi connectivity index (χ2n) is 8.06. The summed E-state index contributed by atoms with van der Waals surface area (Å²) in [5.74, 6) is 2.75. The van der Waals surface area contributed by atoms with Gasteiger partial charge in [-0.2, -0.15) is 0 Å². The van der Waals surface area contributed by atoms with Crippen LogP contribution in [0.15, 0.2) is 0 Å². The lowest BCUT2D eigenvalue weighted by molar-refractivity contribution is -0.122. The molecule has 3 saturated carbocycles. The van der Waals surface area contributed by atoms with Crippen molar-refractivity contribution in [3.63, 3.8) is 0 Å². The van der Waals surface area contributed by atoms with E-state index in [9.17, 15) is 0 Å². The Balaban J connectivity index is 2.02. The molecule has 5 unspecified atom stereocenters.